The van der Waals surface area contributed by atoms with E-state index in [4.69, 9.17) is 23.8 Å². The van der Waals surface area contributed by atoms with Gasteiger partial charge in [-0.1, -0.05) is 11.6 Å². The molecule has 0 amide bonds. The molecule has 4 nitrogen and oxygen atoms in total. The molecule has 21 heavy (non-hydrogen) atoms. The van der Waals surface area contributed by atoms with Gasteiger partial charge in [-0.3, -0.25) is 0 Å². The third-order valence-corrected chi connectivity index (χ3v) is 4.41. The molecule has 0 aliphatic rings. The van der Waals surface area contributed by atoms with Crippen molar-refractivity contribution in [1.82, 2.24) is 14.9 Å². The molecule has 0 aliphatic heterocycles. The number of aromatic amines is 1. The molecular formula is C14H11ClN4S2. The van der Waals surface area contributed by atoms with Crippen LogP contribution in [0.4, 0.5) is 0 Å². The molecule has 0 fully saturated rings. The lowest BCUT2D eigenvalue weighted by Crippen LogP contribution is -1.94. The number of hydrogen-bond donors (Lipinski definition) is 1. The van der Waals surface area contributed by atoms with Crippen LogP contribution in [-0.2, 0) is 0 Å². The molecular weight excluding hydrogens is 324 g/mol. The SMILES string of the molecule is Cc1ccsc1/C=N/n1c(-c2ccc(Cl)cc2)n[nH]c1=S. The van der Waals surface area contributed by atoms with Gasteiger partial charge >= 0.3 is 0 Å². The van der Waals surface area contributed by atoms with Gasteiger partial charge in [0.1, 0.15) is 0 Å². The second-order valence-electron chi connectivity index (χ2n) is 4.38. The Labute approximate surface area is 135 Å². The first-order valence-corrected chi connectivity index (χ1v) is 7.83. The van der Waals surface area contributed by atoms with Crippen molar-refractivity contribution in [2.45, 2.75) is 6.92 Å². The average Bonchev–Trinajstić information content (AvgIpc) is 3.04. The Kier molecular flexibility index (Phi) is 4.01. The molecule has 0 radical (unpaired) electrons. The third kappa shape index (κ3) is 2.97. The van der Waals surface area contributed by atoms with E-state index in [0.29, 0.717) is 15.6 Å². The van der Waals surface area contributed by atoms with Crippen LogP contribution in [0.3, 0.4) is 0 Å². The molecule has 3 rings (SSSR count). The lowest BCUT2D eigenvalue weighted by Gasteiger charge is -2.01. The second kappa shape index (κ2) is 5.93. The van der Waals surface area contributed by atoms with E-state index in [9.17, 15) is 0 Å². The zero-order chi connectivity index (χ0) is 14.8. The standard InChI is InChI=1S/C14H11ClN4S2/c1-9-6-7-21-12(9)8-16-19-13(17-18-14(19)20)10-2-4-11(15)5-3-10/h2-8H,1H3,(H,18,20)/b16-8+. The summed E-state index contributed by atoms with van der Waals surface area (Å²) in [6.45, 7) is 2.05. The predicted octanol–water partition coefficient (Wildman–Crippen LogP) is 4.51. The Bertz CT molecular complexity index is 842. The molecule has 2 heterocycles. The van der Waals surface area contributed by atoms with Gasteiger partial charge in [-0.15, -0.1) is 11.3 Å². The van der Waals surface area contributed by atoms with Crippen molar-refractivity contribution >= 4 is 41.4 Å². The molecule has 106 valence electrons. The van der Waals surface area contributed by atoms with Crippen molar-refractivity contribution in [1.29, 1.82) is 0 Å². The number of hydrogen-bond acceptors (Lipinski definition) is 4. The normalized spacial score (nSPS) is 11.3. The first-order chi connectivity index (χ1) is 10.1. The van der Waals surface area contributed by atoms with Gasteiger partial charge in [0.25, 0.3) is 0 Å². The predicted molar refractivity (Wildman–Crippen MR) is 89.9 cm³/mol. The highest BCUT2D eigenvalue weighted by Gasteiger charge is 2.08. The minimum atomic E-state index is 0.449. The topological polar surface area (TPSA) is 46.0 Å². The quantitative estimate of drug-likeness (QED) is 0.565. The number of nitrogens with one attached hydrogen (secondary N) is 1. The van der Waals surface area contributed by atoms with Crippen molar-refractivity contribution in [3.05, 3.63) is 55.9 Å². The molecule has 2 aromatic heterocycles. The first-order valence-electron chi connectivity index (χ1n) is 6.17. The van der Waals surface area contributed by atoms with Crippen LogP contribution in [0.1, 0.15) is 10.4 Å². The van der Waals surface area contributed by atoms with Gasteiger partial charge in [0.2, 0.25) is 4.77 Å². The largest absolute Gasteiger partial charge is 0.250 e. The minimum Gasteiger partial charge on any atom is -0.250 e. The van der Waals surface area contributed by atoms with Crippen LogP contribution in [0.2, 0.25) is 5.02 Å². The molecule has 0 unspecified atom stereocenters. The van der Waals surface area contributed by atoms with Gasteiger partial charge in [-0.25, -0.2) is 5.10 Å². The van der Waals surface area contributed by atoms with Crippen molar-refractivity contribution in [2.75, 3.05) is 0 Å². The van der Waals surface area contributed by atoms with E-state index in [1.165, 1.54) is 5.56 Å². The summed E-state index contributed by atoms with van der Waals surface area (Å²) in [5, 5.41) is 14.1. The Morgan fingerprint density at radius 1 is 1.33 bits per heavy atom. The highest BCUT2D eigenvalue weighted by molar-refractivity contribution is 7.71. The molecule has 1 aromatic carbocycles. The highest BCUT2D eigenvalue weighted by Crippen LogP contribution is 2.20. The Morgan fingerprint density at radius 2 is 2.10 bits per heavy atom. The maximum Gasteiger partial charge on any atom is 0.216 e. The maximum absolute atomic E-state index is 5.91. The summed E-state index contributed by atoms with van der Waals surface area (Å²) in [6.07, 6.45) is 1.80. The average molecular weight is 335 g/mol. The van der Waals surface area contributed by atoms with E-state index in [1.54, 1.807) is 22.2 Å². The molecule has 0 aliphatic carbocycles. The lowest BCUT2D eigenvalue weighted by atomic mass is 10.2. The molecule has 7 heteroatoms. The van der Waals surface area contributed by atoms with E-state index >= 15 is 0 Å². The molecule has 0 saturated carbocycles. The number of rotatable bonds is 3. The Hall–Kier alpha value is -1.76. The molecule has 3 aromatic rings. The number of thiophene rings is 1. The summed E-state index contributed by atoms with van der Waals surface area (Å²) in [7, 11) is 0. The van der Waals surface area contributed by atoms with Gasteiger partial charge in [-0.2, -0.15) is 14.9 Å². The Morgan fingerprint density at radius 3 is 2.76 bits per heavy atom. The van der Waals surface area contributed by atoms with E-state index < -0.39 is 0 Å². The van der Waals surface area contributed by atoms with Crippen LogP contribution in [0.15, 0.2) is 40.8 Å². The zero-order valence-corrected chi connectivity index (χ0v) is 13.5. The van der Waals surface area contributed by atoms with Crippen molar-refractivity contribution in [3.8, 4) is 11.4 Å². The number of halogens is 1. The zero-order valence-electron chi connectivity index (χ0n) is 11.1. The van der Waals surface area contributed by atoms with Crippen molar-refractivity contribution < 1.29 is 0 Å². The smallest absolute Gasteiger partial charge is 0.216 e. The van der Waals surface area contributed by atoms with E-state index in [1.807, 2.05) is 36.6 Å². The van der Waals surface area contributed by atoms with Crippen LogP contribution in [0, 0.1) is 11.7 Å². The van der Waals surface area contributed by atoms with Gasteiger partial charge < -0.3 is 0 Å². The van der Waals surface area contributed by atoms with Gasteiger partial charge in [0.05, 0.1) is 11.1 Å². The van der Waals surface area contributed by atoms with Gasteiger partial charge in [0.15, 0.2) is 5.82 Å². The van der Waals surface area contributed by atoms with Gasteiger partial charge in [0, 0.05) is 10.6 Å². The molecule has 0 spiro atoms. The summed E-state index contributed by atoms with van der Waals surface area (Å²) in [5.74, 6) is 0.655. The molecule has 0 saturated heterocycles. The number of aryl methyl sites for hydroxylation is 1. The minimum absolute atomic E-state index is 0.449. The highest BCUT2D eigenvalue weighted by atomic mass is 35.5. The fourth-order valence-electron chi connectivity index (χ4n) is 1.81. The summed E-state index contributed by atoms with van der Waals surface area (Å²) in [4.78, 5) is 1.10. The molecule has 0 atom stereocenters. The van der Waals surface area contributed by atoms with E-state index in [0.717, 1.165) is 10.4 Å². The summed E-state index contributed by atoms with van der Waals surface area (Å²) < 4.78 is 2.06. The summed E-state index contributed by atoms with van der Waals surface area (Å²) in [5.41, 5.74) is 2.08. The molecule has 0 bridgehead atoms. The van der Waals surface area contributed by atoms with Crippen LogP contribution in [0.5, 0.6) is 0 Å². The summed E-state index contributed by atoms with van der Waals surface area (Å²) >= 11 is 12.8. The summed E-state index contributed by atoms with van der Waals surface area (Å²) in [6, 6.07) is 9.45. The lowest BCUT2D eigenvalue weighted by molar-refractivity contribution is 0.872. The van der Waals surface area contributed by atoms with Gasteiger partial charge in [-0.05, 0) is 60.4 Å². The molecule has 1 N–H and O–H groups in total. The Balaban J connectivity index is 2.02. The van der Waals surface area contributed by atoms with E-state index in [2.05, 4.69) is 21.4 Å². The second-order valence-corrected chi connectivity index (χ2v) is 6.15. The van der Waals surface area contributed by atoms with Crippen molar-refractivity contribution in [3.63, 3.8) is 0 Å². The number of benzene rings is 1. The number of nitrogens with zero attached hydrogens (tertiary/aromatic N) is 3. The number of H-pyrrole nitrogens is 1. The van der Waals surface area contributed by atoms with Crippen LogP contribution in [-0.4, -0.2) is 21.1 Å². The first kappa shape index (κ1) is 14.2. The van der Waals surface area contributed by atoms with Crippen LogP contribution >= 0.6 is 35.2 Å². The maximum atomic E-state index is 5.91. The fraction of sp³-hybridized carbons (Fsp3) is 0.0714. The van der Waals surface area contributed by atoms with E-state index in [-0.39, 0.29) is 0 Å². The van der Waals surface area contributed by atoms with Crippen molar-refractivity contribution in [2.24, 2.45) is 5.10 Å². The monoisotopic (exact) mass is 334 g/mol. The van der Waals surface area contributed by atoms with Crippen LogP contribution < -0.4 is 0 Å². The third-order valence-electron chi connectivity index (χ3n) is 2.95. The van der Waals surface area contributed by atoms with Crippen LogP contribution in [0.25, 0.3) is 11.4 Å². The number of aromatic nitrogens is 3. The fourth-order valence-corrected chi connectivity index (χ4v) is 2.90.